The number of nitrogen functional groups attached to an aromatic ring is 1. The highest BCUT2D eigenvalue weighted by atomic mass is 15.3. The molecule has 3 rings (SSSR count). The Morgan fingerprint density at radius 2 is 1.75 bits per heavy atom. The minimum Gasteiger partial charge on any atom is -0.372 e. The Morgan fingerprint density at radius 3 is 2.45 bits per heavy atom. The molecule has 5 heteroatoms. The Morgan fingerprint density at radius 1 is 0.950 bits per heavy atom. The van der Waals surface area contributed by atoms with E-state index in [0.29, 0.717) is 5.95 Å². The van der Waals surface area contributed by atoms with Crippen molar-refractivity contribution in [3.63, 3.8) is 0 Å². The Bertz CT molecular complexity index is 740. The van der Waals surface area contributed by atoms with Gasteiger partial charge in [0.25, 0.3) is 0 Å². The summed E-state index contributed by atoms with van der Waals surface area (Å²) in [5, 5.41) is 4.02. The van der Waals surface area contributed by atoms with Crippen molar-refractivity contribution in [1.29, 1.82) is 0 Å². The summed E-state index contributed by atoms with van der Waals surface area (Å²) in [4.78, 5) is 8.68. The lowest BCUT2D eigenvalue weighted by atomic mass is 10.0. The number of nitrogens with zero attached hydrogens (tertiary/aromatic N) is 2. The van der Waals surface area contributed by atoms with E-state index in [1.807, 2.05) is 37.4 Å². The van der Waals surface area contributed by atoms with Gasteiger partial charge < -0.3 is 5.32 Å². The molecule has 1 heterocycles. The van der Waals surface area contributed by atoms with Crippen LogP contribution in [0.4, 0.5) is 11.8 Å². The number of fused-ring (bicyclic) bond motifs is 1. The molecular formula is C15H15N5. The molecule has 5 nitrogen and oxygen atoms in total. The summed E-state index contributed by atoms with van der Waals surface area (Å²) < 4.78 is 0. The maximum atomic E-state index is 5.41. The number of hydrogen-bond donors (Lipinski definition) is 3. The zero-order valence-electron chi connectivity index (χ0n) is 11.1. The highest BCUT2D eigenvalue weighted by Crippen LogP contribution is 2.27. The van der Waals surface area contributed by atoms with E-state index < -0.39 is 0 Å². The van der Waals surface area contributed by atoms with Gasteiger partial charge in [-0.1, -0.05) is 36.4 Å². The van der Waals surface area contributed by atoms with Gasteiger partial charge in [0.15, 0.2) is 0 Å². The van der Waals surface area contributed by atoms with Crippen molar-refractivity contribution in [2.75, 3.05) is 17.8 Å². The third-order valence-corrected chi connectivity index (χ3v) is 3.17. The van der Waals surface area contributed by atoms with Crippen LogP contribution in [0.15, 0.2) is 48.5 Å². The minimum atomic E-state index is 0.395. The average molecular weight is 265 g/mol. The van der Waals surface area contributed by atoms with E-state index in [2.05, 4.69) is 38.9 Å². The van der Waals surface area contributed by atoms with Gasteiger partial charge in [0.2, 0.25) is 5.95 Å². The first-order valence-electron chi connectivity index (χ1n) is 6.33. The van der Waals surface area contributed by atoms with E-state index in [4.69, 9.17) is 5.84 Å². The third kappa shape index (κ3) is 2.15. The normalized spacial score (nSPS) is 10.5. The van der Waals surface area contributed by atoms with Gasteiger partial charge in [-0.05, 0) is 23.3 Å². The fourth-order valence-electron chi connectivity index (χ4n) is 2.19. The molecule has 0 radical (unpaired) electrons. The molecule has 0 bridgehead atoms. The lowest BCUT2D eigenvalue weighted by Gasteiger charge is -2.09. The topological polar surface area (TPSA) is 75.9 Å². The predicted molar refractivity (Wildman–Crippen MR) is 82.3 cm³/mol. The summed E-state index contributed by atoms with van der Waals surface area (Å²) >= 11 is 0. The van der Waals surface area contributed by atoms with E-state index in [-0.39, 0.29) is 0 Å². The zero-order valence-corrected chi connectivity index (χ0v) is 11.1. The number of rotatable bonds is 3. The SMILES string of the molecule is CNc1nc(NN)nc2cc(-c3ccccc3)ccc12. The summed E-state index contributed by atoms with van der Waals surface area (Å²) in [5.74, 6) is 6.56. The summed E-state index contributed by atoms with van der Waals surface area (Å²) in [5.41, 5.74) is 5.60. The van der Waals surface area contributed by atoms with Crippen molar-refractivity contribution in [2.45, 2.75) is 0 Å². The summed E-state index contributed by atoms with van der Waals surface area (Å²) in [6.07, 6.45) is 0. The number of nitrogens with one attached hydrogen (secondary N) is 2. The van der Waals surface area contributed by atoms with Crippen LogP contribution in [0.2, 0.25) is 0 Å². The second kappa shape index (κ2) is 5.14. The maximum absolute atomic E-state index is 5.41. The fourth-order valence-corrected chi connectivity index (χ4v) is 2.19. The third-order valence-electron chi connectivity index (χ3n) is 3.17. The molecule has 0 aliphatic carbocycles. The second-order valence-corrected chi connectivity index (χ2v) is 4.39. The quantitative estimate of drug-likeness (QED) is 0.501. The molecular weight excluding hydrogens is 250 g/mol. The molecule has 0 saturated heterocycles. The van der Waals surface area contributed by atoms with Gasteiger partial charge in [0.05, 0.1) is 5.52 Å². The Kier molecular flexibility index (Phi) is 3.18. The van der Waals surface area contributed by atoms with Gasteiger partial charge in [0.1, 0.15) is 5.82 Å². The molecule has 2 aromatic carbocycles. The Labute approximate surface area is 116 Å². The smallest absolute Gasteiger partial charge is 0.239 e. The number of aromatic nitrogens is 2. The summed E-state index contributed by atoms with van der Waals surface area (Å²) in [6, 6.07) is 16.3. The first-order chi connectivity index (χ1) is 9.81. The lowest BCUT2D eigenvalue weighted by molar-refractivity contribution is 1.15. The monoisotopic (exact) mass is 265 g/mol. The van der Waals surface area contributed by atoms with Crippen molar-refractivity contribution in [3.8, 4) is 11.1 Å². The molecule has 0 aliphatic rings. The lowest BCUT2D eigenvalue weighted by Crippen LogP contribution is -2.11. The zero-order chi connectivity index (χ0) is 13.9. The molecule has 4 N–H and O–H groups in total. The number of hydrazine groups is 1. The fraction of sp³-hybridized carbons (Fsp3) is 0.0667. The highest BCUT2D eigenvalue weighted by Gasteiger charge is 2.07. The Hall–Kier alpha value is -2.66. The predicted octanol–water partition coefficient (Wildman–Crippen LogP) is 2.62. The highest BCUT2D eigenvalue weighted by molar-refractivity contribution is 5.92. The van der Waals surface area contributed by atoms with E-state index in [1.165, 1.54) is 0 Å². The van der Waals surface area contributed by atoms with Crippen LogP contribution in [0.3, 0.4) is 0 Å². The van der Waals surface area contributed by atoms with Crippen molar-refractivity contribution in [2.24, 2.45) is 5.84 Å². The van der Waals surface area contributed by atoms with Crippen molar-refractivity contribution in [3.05, 3.63) is 48.5 Å². The number of nitrogens with two attached hydrogens (primary N) is 1. The summed E-state index contributed by atoms with van der Waals surface area (Å²) in [6.45, 7) is 0. The van der Waals surface area contributed by atoms with E-state index in [1.54, 1.807) is 0 Å². The van der Waals surface area contributed by atoms with Gasteiger partial charge in [0, 0.05) is 12.4 Å². The van der Waals surface area contributed by atoms with Gasteiger partial charge >= 0.3 is 0 Å². The molecule has 0 spiro atoms. The van der Waals surface area contributed by atoms with Gasteiger partial charge in [-0.3, -0.25) is 5.43 Å². The first kappa shape index (κ1) is 12.4. The van der Waals surface area contributed by atoms with Gasteiger partial charge in [-0.2, -0.15) is 4.98 Å². The maximum Gasteiger partial charge on any atom is 0.239 e. The van der Waals surface area contributed by atoms with Crippen molar-refractivity contribution in [1.82, 2.24) is 9.97 Å². The molecule has 0 unspecified atom stereocenters. The van der Waals surface area contributed by atoms with Crippen LogP contribution in [0.25, 0.3) is 22.0 Å². The first-order valence-corrected chi connectivity index (χ1v) is 6.33. The average Bonchev–Trinajstić information content (AvgIpc) is 2.54. The van der Waals surface area contributed by atoms with E-state index in [0.717, 1.165) is 27.8 Å². The largest absolute Gasteiger partial charge is 0.372 e. The molecule has 100 valence electrons. The van der Waals surface area contributed by atoms with Crippen LogP contribution in [-0.4, -0.2) is 17.0 Å². The van der Waals surface area contributed by atoms with Crippen LogP contribution in [0, 0.1) is 0 Å². The van der Waals surface area contributed by atoms with Crippen LogP contribution < -0.4 is 16.6 Å². The molecule has 3 aromatic rings. The van der Waals surface area contributed by atoms with Crippen LogP contribution >= 0.6 is 0 Å². The van der Waals surface area contributed by atoms with Gasteiger partial charge in [-0.15, -0.1) is 0 Å². The minimum absolute atomic E-state index is 0.395. The molecule has 0 saturated carbocycles. The molecule has 0 amide bonds. The van der Waals surface area contributed by atoms with Crippen LogP contribution in [0.5, 0.6) is 0 Å². The Balaban J connectivity index is 2.20. The van der Waals surface area contributed by atoms with Gasteiger partial charge in [-0.25, -0.2) is 10.8 Å². The van der Waals surface area contributed by atoms with E-state index >= 15 is 0 Å². The van der Waals surface area contributed by atoms with Crippen molar-refractivity contribution < 1.29 is 0 Å². The summed E-state index contributed by atoms with van der Waals surface area (Å²) in [7, 11) is 1.83. The number of anilines is 2. The van der Waals surface area contributed by atoms with Crippen molar-refractivity contribution >= 4 is 22.7 Å². The van der Waals surface area contributed by atoms with Crippen LogP contribution in [-0.2, 0) is 0 Å². The molecule has 20 heavy (non-hydrogen) atoms. The van der Waals surface area contributed by atoms with E-state index in [9.17, 15) is 0 Å². The molecule has 0 aliphatic heterocycles. The molecule has 0 atom stereocenters. The standard InChI is InChI=1S/C15H15N5/c1-17-14-12-8-7-11(10-5-3-2-4-6-10)9-13(12)18-15(19-14)20-16/h2-9H,16H2,1H3,(H2,17,18,19,20). The number of hydrogen-bond acceptors (Lipinski definition) is 5. The van der Waals surface area contributed by atoms with Crippen LogP contribution in [0.1, 0.15) is 0 Å². The second-order valence-electron chi connectivity index (χ2n) is 4.39. The molecule has 1 aromatic heterocycles. The molecule has 0 fully saturated rings. The number of benzene rings is 2.